The van der Waals surface area contributed by atoms with Crippen LogP contribution in [0.3, 0.4) is 0 Å². The summed E-state index contributed by atoms with van der Waals surface area (Å²) >= 11 is 1.86. The zero-order chi connectivity index (χ0) is 20.5. The van der Waals surface area contributed by atoms with Gasteiger partial charge in [-0.05, 0) is 61.1 Å². The van der Waals surface area contributed by atoms with Crippen molar-refractivity contribution in [1.82, 2.24) is 9.97 Å². The number of nitrogens with one attached hydrogen (secondary N) is 1. The molecular weight excluding hydrogens is 388 g/mol. The Morgan fingerprint density at radius 2 is 1.70 bits per heavy atom. The highest BCUT2D eigenvalue weighted by Gasteiger charge is 2.21. The van der Waals surface area contributed by atoms with Crippen molar-refractivity contribution in [3.05, 3.63) is 76.4 Å². The lowest BCUT2D eigenvalue weighted by Crippen LogP contribution is -2.08. The average molecular weight is 415 g/mol. The molecule has 0 fully saturated rings. The molecule has 152 valence electrons. The lowest BCUT2D eigenvalue weighted by atomic mass is 9.97. The van der Waals surface area contributed by atoms with E-state index in [9.17, 15) is 0 Å². The lowest BCUT2D eigenvalue weighted by molar-refractivity contribution is 0.700. The number of fused-ring (bicyclic) bond motifs is 3. The number of nitrogens with zero attached hydrogens (tertiary/aromatic N) is 3. The van der Waals surface area contributed by atoms with Crippen LogP contribution in [0.2, 0.25) is 0 Å². The van der Waals surface area contributed by atoms with Gasteiger partial charge in [0, 0.05) is 36.8 Å². The van der Waals surface area contributed by atoms with Crippen molar-refractivity contribution in [3.63, 3.8) is 0 Å². The second kappa shape index (κ2) is 8.07. The van der Waals surface area contributed by atoms with Gasteiger partial charge in [-0.3, -0.25) is 0 Å². The van der Waals surface area contributed by atoms with E-state index in [4.69, 9.17) is 9.97 Å². The molecule has 2 aromatic heterocycles. The molecule has 4 aromatic rings. The summed E-state index contributed by atoms with van der Waals surface area (Å²) in [4.78, 5) is 14.7. The van der Waals surface area contributed by atoms with E-state index in [1.807, 2.05) is 17.4 Å². The fraction of sp³-hybridized carbons (Fsp3) is 0.280. The minimum atomic E-state index is 0.744. The van der Waals surface area contributed by atoms with Crippen LogP contribution in [-0.2, 0) is 19.3 Å². The molecule has 1 N–H and O–H groups in total. The number of aromatic nitrogens is 2. The molecule has 0 saturated heterocycles. The average Bonchev–Trinajstić information content (AvgIpc) is 3.13. The summed E-state index contributed by atoms with van der Waals surface area (Å²) in [5.41, 5.74) is 4.94. The molecule has 0 aliphatic heterocycles. The van der Waals surface area contributed by atoms with Crippen molar-refractivity contribution < 1.29 is 0 Å². The first-order valence-corrected chi connectivity index (χ1v) is 11.4. The van der Waals surface area contributed by atoms with E-state index < -0.39 is 0 Å². The highest BCUT2D eigenvalue weighted by molar-refractivity contribution is 7.19. The van der Waals surface area contributed by atoms with Crippen LogP contribution in [0.4, 0.5) is 17.2 Å². The number of benzene rings is 2. The third-order valence-corrected chi connectivity index (χ3v) is 6.90. The van der Waals surface area contributed by atoms with Crippen LogP contribution in [0, 0.1) is 0 Å². The van der Waals surface area contributed by atoms with Crippen LogP contribution in [0.25, 0.3) is 10.2 Å². The Balaban J connectivity index is 1.57. The predicted molar refractivity (Wildman–Crippen MR) is 127 cm³/mol. The van der Waals surface area contributed by atoms with Gasteiger partial charge in [0.05, 0.1) is 5.39 Å². The number of anilines is 3. The van der Waals surface area contributed by atoms with Crippen LogP contribution < -0.4 is 10.2 Å². The van der Waals surface area contributed by atoms with E-state index in [-0.39, 0.29) is 0 Å². The summed E-state index contributed by atoms with van der Waals surface area (Å²) in [6.45, 7) is 0. The van der Waals surface area contributed by atoms with Gasteiger partial charge in [0.2, 0.25) is 0 Å². The monoisotopic (exact) mass is 414 g/mol. The summed E-state index contributed by atoms with van der Waals surface area (Å²) in [6, 6.07) is 19.0. The zero-order valence-corrected chi connectivity index (χ0v) is 18.3. The van der Waals surface area contributed by atoms with E-state index in [0.717, 1.165) is 35.0 Å². The third kappa shape index (κ3) is 3.77. The highest BCUT2D eigenvalue weighted by Crippen LogP contribution is 2.39. The Bertz CT molecular complexity index is 1160. The standard InChI is InChI=1S/C25H26N4S/c1-29(2)19-14-12-18(13-15-19)26-24-23-20-10-6-7-11-21(20)30-25(23)28-22(27-24)16-17-8-4-3-5-9-17/h3-5,8-9,12-15H,6-7,10-11,16H2,1-2H3,(H,26,27,28). The zero-order valence-electron chi connectivity index (χ0n) is 17.5. The quantitative estimate of drug-likeness (QED) is 0.437. The topological polar surface area (TPSA) is 41.0 Å². The fourth-order valence-corrected chi connectivity index (χ4v) is 5.41. The Hall–Kier alpha value is -2.92. The van der Waals surface area contributed by atoms with Gasteiger partial charge in [-0.15, -0.1) is 11.3 Å². The molecule has 0 spiro atoms. The van der Waals surface area contributed by atoms with Crippen LogP contribution in [0.1, 0.15) is 34.7 Å². The number of rotatable bonds is 5. The number of hydrogen-bond donors (Lipinski definition) is 1. The van der Waals surface area contributed by atoms with E-state index >= 15 is 0 Å². The summed E-state index contributed by atoms with van der Waals surface area (Å²) in [5, 5.41) is 4.84. The first-order valence-electron chi connectivity index (χ1n) is 10.6. The highest BCUT2D eigenvalue weighted by atomic mass is 32.1. The Morgan fingerprint density at radius 1 is 0.933 bits per heavy atom. The van der Waals surface area contributed by atoms with Crippen LogP contribution in [0.5, 0.6) is 0 Å². The summed E-state index contributed by atoms with van der Waals surface area (Å²) in [5.74, 6) is 1.82. The molecule has 0 bridgehead atoms. The van der Waals surface area contributed by atoms with Crippen molar-refractivity contribution in [2.75, 3.05) is 24.3 Å². The SMILES string of the molecule is CN(C)c1ccc(Nc2nc(Cc3ccccc3)nc3sc4c(c23)CCCC4)cc1. The molecule has 1 aliphatic carbocycles. The van der Waals surface area contributed by atoms with E-state index in [0.29, 0.717) is 0 Å². The molecule has 2 heterocycles. The fourth-order valence-electron chi connectivity index (χ4n) is 4.13. The Morgan fingerprint density at radius 3 is 2.47 bits per heavy atom. The Kier molecular flexibility index (Phi) is 5.13. The van der Waals surface area contributed by atoms with Gasteiger partial charge in [-0.25, -0.2) is 9.97 Å². The van der Waals surface area contributed by atoms with Crippen LogP contribution >= 0.6 is 11.3 Å². The molecule has 5 heteroatoms. The van der Waals surface area contributed by atoms with Gasteiger partial charge in [-0.2, -0.15) is 0 Å². The van der Waals surface area contributed by atoms with Crippen LogP contribution in [0.15, 0.2) is 54.6 Å². The minimum Gasteiger partial charge on any atom is -0.378 e. The van der Waals surface area contributed by atoms with Crippen molar-refractivity contribution in [1.29, 1.82) is 0 Å². The molecule has 0 atom stereocenters. The molecule has 0 radical (unpaired) electrons. The number of hydrogen-bond acceptors (Lipinski definition) is 5. The minimum absolute atomic E-state index is 0.744. The van der Waals surface area contributed by atoms with Gasteiger partial charge >= 0.3 is 0 Å². The molecule has 30 heavy (non-hydrogen) atoms. The molecule has 5 rings (SSSR count). The van der Waals surface area contributed by atoms with Crippen LogP contribution in [-0.4, -0.2) is 24.1 Å². The van der Waals surface area contributed by atoms with E-state index in [1.165, 1.54) is 46.3 Å². The van der Waals surface area contributed by atoms with Crippen molar-refractivity contribution in [3.8, 4) is 0 Å². The summed E-state index contributed by atoms with van der Waals surface area (Å²) < 4.78 is 0. The van der Waals surface area contributed by atoms with E-state index in [1.54, 1.807) is 0 Å². The molecule has 0 amide bonds. The first kappa shape index (κ1) is 19.1. The molecule has 4 nitrogen and oxygen atoms in total. The largest absolute Gasteiger partial charge is 0.378 e. The van der Waals surface area contributed by atoms with Crippen molar-refractivity contribution in [2.45, 2.75) is 32.1 Å². The second-order valence-electron chi connectivity index (χ2n) is 8.11. The van der Waals surface area contributed by atoms with Crippen molar-refractivity contribution in [2.24, 2.45) is 0 Å². The van der Waals surface area contributed by atoms with Gasteiger partial charge in [0.15, 0.2) is 0 Å². The number of aryl methyl sites for hydroxylation is 2. The molecule has 0 unspecified atom stereocenters. The molecular formula is C25H26N4S. The third-order valence-electron chi connectivity index (χ3n) is 5.71. The molecule has 1 aliphatic rings. The lowest BCUT2D eigenvalue weighted by Gasteiger charge is -2.15. The normalized spacial score (nSPS) is 13.3. The van der Waals surface area contributed by atoms with Gasteiger partial charge in [-0.1, -0.05) is 30.3 Å². The van der Waals surface area contributed by atoms with Gasteiger partial charge in [0.25, 0.3) is 0 Å². The molecule has 0 saturated carbocycles. The maximum absolute atomic E-state index is 5.00. The maximum atomic E-state index is 5.00. The van der Waals surface area contributed by atoms with Crippen molar-refractivity contribution >= 4 is 38.7 Å². The summed E-state index contributed by atoms with van der Waals surface area (Å²) in [6.07, 6.45) is 5.57. The van der Waals surface area contributed by atoms with Gasteiger partial charge < -0.3 is 10.2 Å². The first-order chi connectivity index (χ1) is 14.7. The van der Waals surface area contributed by atoms with Gasteiger partial charge in [0.1, 0.15) is 16.5 Å². The Labute approximate surface area is 181 Å². The predicted octanol–water partition coefficient (Wildman–Crippen LogP) is 5.97. The summed E-state index contributed by atoms with van der Waals surface area (Å²) in [7, 11) is 4.12. The maximum Gasteiger partial charge on any atom is 0.143 e. The number of thiophene rings is 1. The van der Waals surface area contributed by atoms with E-state index in [2.05, 4.69) is 72.8 Å². The molecule has 2 aromatic carbocycles. The second-order valence-corrected chi connectivity index (χ2v) is 9.19. The smallest absolute Gasteiger partial charge is 0.143 e.